The number of nitro groups is 1. The highest BCUT2D eigenvalue weighted by atomic mass is 32.1. The van der Waals surface area contributed by atoms with Gasteiger partial charge in [-0.2, -0.15) is 0 Å². The zero-order valence-corrected chi connectivity index (χ0v) is 15.5. The SMILES string of the molecule is CCN1C(=O)/C(=C/c2cc(C)n(-c3ccc([N+](=O)[O-])cc3)c2C)NC1=S. The van der Waals surface area contributed by atoms with E-state index in [9.17, 15) is 14.9 Å². The number of nitrogens with zero attached hydrogens (tertiary/aromatic N) is 3. The van der Waals surface area contributed by atoms with Gasteiger partial charge in [-0.15, -0.1) is 0 Å². The molecule has 7 nitrogen and oxygen atoms in total. The van der Waals surface area contributed by atoms with Gasteiger partial charge in [-0.3, -0.25) is 19.8 Å². The maximum atomic E-state index is 12.4. The Labute approximate surface area is 156 Å². The molecule has 26 heavy (non-hydrogen) atoms. The number of thiocarbonyl (C=S) groups is 1. The van der Waals surface area contributed by atoms with Crippen molar-refractivity contribution in [3.05, 3.63) is 63.1 Å². The number of carbonyl (C=O) groups excluding carboxylic acids is 1. The van der Waals surface area contributed by atoms with Crippen LogP contribution in [0.2, 0.25) is 0 Å². The molecule has 3 rings (SSSR count). The summed E-state index contributed by atoms with van der Waals surface area (Å²) in [5.41, 5.74) is 4.10. The summed E-state index contributed by atoms with van der Waals surface area (Å²) in [5, 5.41) is 14.2. The van der Waals surface area contributed by atoms with Gasteiger partial charge < -0.3 is 9.88 Å². The molecule has 0 bridgehead atoms. The van der Waals surface area contributed by atoms with E-state index >= 15 is 0 Å². The van der Waals surface area contributed by atoms with Crippen LogP contribution in [-0.2, 0) is 4.79 Å². The van der Waals surface area contributed by atoms with E-state index in [1.165, 1.54) is 17.0 Å². The molecule has 0 aliphatic carbocycles. The fourth-order valence-corrected chi connectivity index (χ4v) is 3.39. The molecule has 1 amide bonds. The van der Waals surface area contributed by atoms with Gasteiger partial charge in [0.2, 0.25) is 0 Å². The number of rotatable bonds is 4. The highest BCUT2D eigenvalue weighted by Gasteiger charge is 2.29. The van der Waals surface area contributed by atoms with Crippen LogP contribution in [0.4, 0.5) is 5.69 Å². The second-order valence-electron chi connectivity index (χ2n) is 5.97. The van der Waals surface area contributed by atoms with Crippen molar-refractivity contribution in [2.24, 2.45) is 0 Å². The number of likely N-dealkylation sites (N-methyl/N-ethyl adjacent to an activating group) is 1. The molecular formula is C18H18N4O3S. The molecule has 134 valence electrons. The molecule has 0 saturated carbocycles. The number of benzene rings is 1. The Morgan fingerprint density at radius 2 is 1.92 bits per heavy atom. The predicted molar refractivity (Wildman–Crippen MR) is 103 cm³/mol. The van der Waals surface area contributed by atoms with Gasteiger partial charge >= 0.3 is 0 Å². The van der Waals surface area contributed by atoms with Crippen LogP contribution in [0.25, 0.3) is 11.8 Å². The summed E-state index contributed by atoms with van der Waals surface area (Å²) < 4.78 is 1.99. The van der Waals surface area contributed by atoms with E-state index in [2.05, 4.69) is 5.32 Å². The molecule has 0 radical (unpaired) electrons. The van der Waals surface area contributed by atoms with Crippen molar-refractivity contribution in [3.8, 4) is 5.69 Å². The molecule has 8 heteroatoms. The van der Waals surface area contributed by atoms with Gasteiger partial charge in [0.25, 0.3) is 11.6 Å². The first-order valence-corrected chi connectivity index (χ1v) is 8.52. The third kappa shape index (κ3) is 2.99. The summed E-state index contributed by atoms with van der Waals surface area (Å²) in [6, 6.07) is 8.35. The monoisotopic (exact) mass is 370 g/mol. The van der Waals surface area contributed by atoms with Crippen LogP contribution < -0.4 is 5.32 Å². The van der Waals surface area contributed by atoms with E-state index in [0.29, 0.717) is 17.4 Å². The molecular weight excluding hydrogens is 352 g/mol. The number of hydrogen-bond donors (Lipinski definition) is 1. The smallest absolute Gasteiger partial charge is 0.276 e. The van der Waals surface area contributed by atoms with Crippen molar-refractivity contribution in [2.45, 2.75) is 20.8 Å². The highest BCUT2D eigenvalue weighted by Crippen LogP contribution is 2.25. The van der Waals surface area contributed by atoms with Crippen molar-refractivity contribution in [1.82, 2.24) is 14.8 Å². The number of aryl methyl sites for hydroxylation is 1. The lowest BCUT2D eigenvalue weighted by molar-refractivity contribution is -0.384. The maximum Gasteiger partial charge on any atom is 0.276 e. The van der Waals surface area contributed by atoms with Crippen LogP contribution in [0.3, 0.4) is 0 Å². The molecule has 2 aromatic rings. The summed E-state index contributed by atoms with van der Waals surface area (Å²) in [6.45, 7) is 6.28. The largest absolute Gasteiger partial charge is 0.328 e. The second kappa shape index (κ2) is 6.72. The summed E-state index contributed by atoms with van der Waals surface area (Å²) in [7, 11) is 0. The average Bonchev–Trinajstić information content (AvgIpc) is 3.03. The van der Waals surface area contributed by atoms with Crippen LogP contribution in [0.5, 0.6) is 0 Å². The molecule has 0 spiro atoms. The van der Waals surface area contributed by atoms with Gasteiger partial charge in [-0.1, -0.05) is 0 Å². The molecule has 1 N–H and O–H groups in total. The number of nitrogens with one attached hydrogen (secondary N) is 1. The van der Waals surface area contributed by atoms with Gasteiger partial charge in [0.05, 0.1) is 4.92 Å². The van der Waals surface area contributed by atoms with Gasteiger partial charge in [0.1, 0.15) is 5.70 Å². The van der Waals surface area contributed by atoms with Crippen molar-refractivity contribution in [3.63, 3.8) is 0 Å². The third-order valence-electron chi connectivity index (χ3n) is 4.37. The lowest BCUT2D eigenvalue weighted by Gasteiger charge is -2.09. The summed E-state index contributed by atoms with van der Waals surface area (Å²) in [6.07, 6.45) is 1.79. The molecule has 1 saturated heterocycles. The second-order valence-corrected chi connectivity index (χ2v) is 6.36. The Morgan fingerprint density at radius 3 is 2.46 bits per heavy atom. The fraction of sp³-hybridized carbons (Fsp3) is 0.222. The number of aromatic nitrogens is 1. The molecule has 1 fully saturated rings. The van der Waals surface area contributed by atoms with Crippen molar-refractivity contribution < 1.29 is 9.72 Å². The first kappa shape index (κ1) is 17.8. The van der Waals surface area contributed by atoms with E-state index in [4.69, 9.17) is 12.2 Å². The zero-order valence-electron chi connectivity index (χ0n) is 14.6. The lowest BCUT2D eigenvalue weighted by Crippen LogP contribution is -2.30. The normalized spacial score (nSPS) is 15.7. The summed E-state index contributed by atoms with van der Waals surface area (Å²) >= 11 is 5.18. The molecule has 1 aromatic heterocycles. The number of hydrogen-bond acceptors (Lipinski definition) is 4. The van der Waals surface area contributed by atoms with Gasteiger partial charge in [-0.25, -0.2) is 0 Å². The molecule has 0 unspecified atom stereocenters. The number of amides is 1. The van der Waals surface area contributed by atoms with E-state index in [0.717, 1.165) is 22.6 Å². The minimum absolute atomic E-state index is 0.0486. The predicted octanol–water partition coefficient (Wildman–Crippen LogP) is 3.08. The van der Waals surface area contributed by atoms with Crippen LogP contribution in [-0.4, -0.2) is 32.0 Å². The minimum Gasteiger partial charge on any atom is -0.328 e. The van der Waals surface area contributed by atoms with Gasteiger partial charge in [0, 0.05) is 35.8 Å². The molecule has 2 heterocycles. The lowest BCUT2D eigenvalue weighted by atomic mass is 10.2. The zero-order chi connectivity index (χ0) is 19.0. The molecule has 1 aliphatic heterocycles. The Balaban J connectivity index is 1.99. The van der Waals surface area contributed by atoms with Crippen LogP contribution in [0.1, 0.15) is 23.9 Å². The standard InChI is InChI=1S/C18H18N4O3S/c1-4-20-17(23)16(19-18(20)26)10-13-9-11(2)21(12(13)3)14-5-7-15(8-6-14)22(24)25/h5-10H,4H2,1-3H3,(H,19,26)/b16-10-. The van der Waals surface area contributed by atoms with Crippen molar-refractivity contribution in [1.29, 1.82) is 0 Å². The Bertz CT molecular complexity index is 944. The van der Waals surface area contributed by atoms with Crippen LogP contribution in [0.15, 0.2) is 36.0 Å². The topological polar surface area (TPSA) is 80.4 Å². The summed E-state index contributed by atoms with van der Waals surface area (Å²) in [4.78, 5) is 24.3. The van der Waals surface area contributed by atoms with Crippen molar-refractivity contribution >= 4 is 35.0 Å². The van der Waals surface area contributed by atoms with Crippen LogP contribution >= 0.6 is 12.2 Å². The number of nitro benzene ring substituents is 1. The average molecular weight is 370 g/mol. The first-order valence-electron chi connectivity index (χ1n) is 8.11. The van der Waals surface area contributed by atoms with E-state index in [1.807, 2.05) is 31.4 Å². The number of non-ortho nitro benzene ring substituents is 1. The Morgan fingerprint density at radius 1 is 1.27 bits per heavy atom. The van der Waals surface area contributed by atoms with Gasteiger partial charge in [0.15, 0.2) is 5.11 Å². The molecule has 1 aromatic carbocycles. The minimum atomic E-state index is -0.422. The van der Waals surface area contributed by atoms with E-state index in [-0.39, 0.29) is 11.6 Å². The quantitative estimate of drug-likeness (QED) is 0.387. The maximum absolute atomic E-state index is 12.4. The first-order chi connectivity index (χ1) is 12.3. The Kier molecular flexibility index (Phi) is 4.60. The number of carbonyl (C=O) groups is 1. The van der Waals surface area contributed by atoms with Gasteiger partial charge in [-0.05, 0) is 62.8 Å². The van der Waals surface area contributed by atoms with E-state index in [1.54, 1.807) is 18.2 Å². The molecule has 1 aliphatic rings. The van der Waals surface area contributed by atoms with Crippen LogP contribution in [0, 0.1) is 24.0 Å². The highest BCUT2D eigenvalue weighted by molar-refractivity contribution is 7.80. The molecule has 0 atom stereocenters. The van der Waals surface area contributed by atoms with Crippen molar-refractivity contribution in [2.75, 3.05) is 6.54 Å². The Hall–Kier alpha value is -3.00. The van der Waals surface area contributed by atoms with E-state index < -0.39 is 4.92 Å². The summed E-state index contributed by atoms with van der Waals surface area (Å²) in [5.74, 6) is -0.141. The third-order valence-corrected chi connectivity index (χ3v) is 4.69. The fourth-order valence-electron chi connectivity index (χ4n) is 3.07.